The number of benzene rings is 1. The van der Waals surface area contributed by atoms with Crippen molar-refractivity contribution in [2.75, 3.05) is 45.8 Å². The van der Waals surface area contributed by atoms with Crippen molar-refractivity contribution in [3.8, 4) is 11.1 Å². The highest BCUT2D eigenvalue weighted by atomic mass is 15.2. The third-order valence-corrected chi connectivity index (χ3v) is 8.15. The average molecular weight is 537 g/mol. The normalized spacial score (nSPS) is 19.4. The molecular formula is C32H40N8. The summed E-state index contributed by atoms with van der Waals surface area (Å²) in [6.07, 6.45) is 15.1. The van der Waals surface area contributed by atoms with Gasteiger partial charge in [-0.25, -0.2) is 4.99 Å². The number of likely N-dealkylation sites (tertiary alicyclic amines) is 1. The number of aromatic amines is 1. The molecule has 0 bridgehead atoms. The second-order valence-corrected chi connectivity index (χ2v) is 11.1. The Kier molecular flexibility index (Phi) is 8.18. The fraction of sp³-hybridized carbons (Fsp3) is 0.406. The average Bonchev–Trinajstić information content (AvgIpc) is 3.61. The predicted molar refractivity (Wildman–Crippen MR) is 163 cm³/mol. The fourth-order valence-corrected chi connectivity index (χ4v) is 5.90. The number of fused-ring (bicyclic) bond motifs is 1. The van der Waals surface area contributed by atoms with Gasteiger partial charge in [-0.3, -0.25) is 19.9 Å². The summed E-state index contributed by atoms with van der Waals surface area (Å²) in [5.74, 6) is 0.424. The number of nitrogens with two attached hydrogens (primary N) is 1. The highest BCUT2D eigenvalue weighted by Crippen LogP contribution is 2.27. The van der Waals surface area contributed by atoms with E-state index in [1.807, 2.05) is 12.4 Å². The number of hydrogen-bond acceptors (Lipinski definition) is 6. The lowest BCUT2D eigenvalue weighted by Gasteiger charge is -2.27. The van der Waals surface area contributed by atoms with Gasteiger partial charge >= 0.3 is 0 Å². The van der Waals surface area contributed by atoms with Gasteiger partial charge in [0, 0.05) is 62.6 Å². The first-order chi connectivity index (χ1) is 19.6. The maximum atomic E-state index is 6.63. The van der Waals surface area contributed by atoms with Crippen LogP contribution in [0.5, 0.6) is 0 Å². The third kappa shape index (κ3) is 6.25. The molecule has 2 aliphatic heterocycles. The van der Waals surface area contributed by atoms with Crippen LogP contribution in [0.1, 0.15) is 43.9 Å². The summed E-state index contributed by atoms with van der Waals surface area (Å²) in [4.78, 5) is 14.4. The van der Waals surface area contributed by atoms with Gasteiger partial charge in [-0.1, -0.05) is 30.7 Å². The number of nitrogens with one attached hydrogen (secondary N) is 2. The SMILES string of the molecule is CCC1=CC(CN2CCNCC2)=CC(N=C(N)c2n[nH]c3ccc(-c4cncc(CN5CCCC5)c4)cc23)=CC1. The maximum absolute atomic E-state index is 6.63. The molecule has 2 aromatic heterocycles. The van der Waals surface area contributed by atoms with Gasteiger partial charge in [0.05, 0.1) is 11.2 Å². The molecule has 0 atom stereocenters. The number of pyridine rings is 1. The smallest absolute Gasteiger partial charge is 0.152 e. The van der Waals surface area contributed by atoms with E-state index in [0.717, 1.165) is 79.8 Å². The van der Waals surface area contributed by atoms with Crippen molar-refractivity contribution in [1.29, 1.82) is 0 Å². The molecule has 208 valence electrons. The van der Waals surface area contributed by atoms with E-state index in [0.29, 0.717) is 11.5 Å². The van der Waals surface area contributed by atoms with Gasteiger partial charge < -0.3 is 11.1 Å². The zero-order valence-corrected chi connectivity index (χ0v) is 23.5. The summed E-state index contributed by atoms with van der Waals surface area (Å²) >= 11 is 0. The molecule has 0 saturated carbocycles. The Hall–Kier alpha value is -3.59. The lowest BCUT2D eigenvalue weighted by atomic mass is 10.0. The molecule has 3 aliphatic rings. The number of amidine groups is 1. The van der Waals surface area contributed by atoms with E-state index in [1.54, 1.807) is 0 Å². The fourth-order valence-electron chi connectivity index (χ4n) is 5.90. The van der Waals surface area contributed by atoms with Gasteiger partial charge in [0.2, 0.25) is 0 Å². The molecule has 0 radical (unpaired) electrons. The van der Waals surface area contributed by atoms with Crippen molar-refractivity contribution >= 4 is 16.7 Å². The Labute approximate surface area is 236 Å². The van der Waals surface area contributed by atoms with Gasteiger partial charge in [-0.2, -0.15) is 5.10 Å². The monoisotopic (exact) mass is 536 g/mol. The molecule has 3 aromatic rings. The molecular weight excluding hydrogens is 496 g/mol. The minimum absolute atomic E-state index is 0.424. The van der Waals surface area contributed by atoms with E-state index in [4.69, 9.17) is 10.7 Å². The van der Waals surface area contributed by atoms with Crippen LogP contribution in [0.15, 0.2) is 76.7 Å². The number of aromatic nitrogens is 3. The molecule has 2 saturated heterocycles. The summed E-state index contributed by atoms with van der Waals surface area (Å²) in [5.41, 5.74) is 15.3. The molecule has 4 N–H and O–H groups in total. The van der Waals surface area contributed by atoms with Crippen LogP contribution < -0.4 is 11.1 Å². The molecule has 6 rings (SSSR count). The molecule has 40 heavy (non-hydrogen) atoms. The lowest BCUT2D eigenvalue weighted by molar-refractivity contribution is 0.261. The van der Waals surface area contributed by atoms with Crippen LogP contribution in [-0.4, -0.2) is 76.6 Å². The first kappa shape index (κ1) is 26.6. The third-order valence-electron chi connectivity index (χ3n) is 8.15. The lowest BCUT2D eigenvalue weighted by Crippen LogP contribution is -2.44. The number of allylic oxidation sites excluding steroid dienone is 3. The Morgan fingerprint density at radius 2 is 1.80 bits per heavy atom. The Balaban J connectivity index is 1.26. The van der Waals surface area contributed by atoms with Crippen molar-refractivity contribution in [3.63, 3.8) is 0 Å². The van der Waals surface area contributed by atoms with E-state index in [9.17, 15) is 0 Å². The zero-order valence-electron chi connectivity index (χ0n) is 23.5. The van der Waals surface area contributed by atoms with E-state index in [-0.39, 0.29) is 0 Å². The van der Waals surface area contributed by atoms with Crippen molar-refractivity contribution in [2.24, 2.45) is 10.7 Å². The minimum atomic E-state index is 0.424. The quantitative estimate of drug-likeness (QED) is 0.292. The number of H-pyrrole nitrogens is 1. The summed E-state index contributed by atoms with van der Waals surface area (Å²) in [6, 6.07) is 8.58. The molecule has 1 aliphatic carbocycles. The van der Waals surface area contributed by atoms with E-state index >= 15 is 0 Å². The summed E-state index contributed by atoms with van der Waals surface area (Å²) < 4.78 is 0. The molecule has 1 aromatic carbocycles. The van der Waals surface area contributed by atoms with Crippen LogP contribution >= 0.6 is 0 Å². The predicted octanol–water partition coefficient (Wildman–Crippen LogP) is 4.38. The van der Waals surface area contributed by atoms with E-state index in [2.05, 4.69) is 79.7 Å². The summed E-state index contributed by atoms with van der Waals surface area (Å²) in [5, 5.41) is 12.1. The first-order valence-corrected chi connectivity index (χ1v) is 14.7. The van der Waals surface area contributed by atoms with Crippen molar-refractivity contribution in [2.45, 2.75) is 39.2 Å². The number of aliphatic imine (C=N–C) groups is 1. The summed E-state index contributed by atoms with van der Waals surface area (Å²) in [6.45, 7) is 10.7. The molecule has 4 heterocycles. The van der Waals surface area contributed by atoms with Gasteiger partial charge in [0.25, 0.3) is 0 Å². The Morgan fingerprint density at radius 1 is 0.975 bits per heavy atom. The number of piperazine rings is 1. The maximum Gasteiger partial charge on any atom is 0.152 e. The minimum Gasteiger partial charge on any atom is -0.382 e. The van der Waals surface area contributed by atoms with Gasteiger partial charge in [-0.15, -0.1) is 0 Å². The van der Waals surface area contributed by atoms with Crippen LogP contribution in [0, 0.1) is 0 Å². The first-order valence-electron chi connectivity index (χ1n) is 14.7. The van der Waals surface area contributed by atoms with Crippen molar-refractivity contribution in [3.05, 3.63) is 83.0 Å². The molecule has 0 unspecified atom stereocenters. The molecule has 0 spiro atoms. The molecule has 8 nitrogen and oxygen atoms in total. The molecule has 0 amide bonds. The van der Waals surface area contributed by atoms with Gasteiger partial charge in [0.15, 0.2) is 5.84 Å². The Morgan fingerprint density at radius 3 is 2.62 bits per heavy atom. The summed E-state index contributed by atoms with van der Waals surface area (Å²) in [7, 11) is 0. The van der Waals surface area contributed by atoms with Gasteiger partial charge in [0.1, 0.15) is 5.69 Å². The Bertz CT molecular complexity index is 1470. The second kappa shape index (κ2) is 12.3. The van der Waals surface area contributed by atoms with Crippen LogP contribution in [0.3, 0.4) is 0 Å². The highest BCUT2D eigenvalue weighted by Gasteiger charge is 2.16. The van der Waals surface area contributed by atoms with E-state index in [1.165, 1.54) is 42.6 Å². The second-order valence-electron chi connectivity index (χ2n) is 11.1. The van der Waals surface area contributed by atoms with Crippen LogP contribution in [0.2, 0.25) is 0 Å². The zero-order chi connectivity index (χ0) is 27.3. The molecule has 8 heteroatoms. The molecule has 2 fully saturated rings. The standard InChI is InChI=1S/C32H40N8/c1-2-23-5-7-28(17-24(15-23)21-40-13-9-34-10-14-40)36-32(33)31-29-18-26(6-8-30(29)37-38-31)27-16-25(19-35-20-27)22-39-11-3-4-12-39/h6-8,15-20,34H,2-5,9-14,21-22H2,1H3,(H2,33,36)(H,37,38). The van der Waals surface area contributed by atoms with E-state index < -0.39 is 0 Å². The number of rotatable bonds is 8. The van der Waals surface area contributed by atoms with Gasteiger partial charge in [-0.05, 0) is 79.7 Å². The number of hydrogen-bond donors (Lipinski definition) is 3. The topological polar surface area (TPSA) is 98.5 Å². The highest BCUT2D eigenvalue weighted by molar-refractivity contribution is 6.08. The van der Waals surface area contributed by atoms with Crippen molar-refractivity contribution < 1.29 is 0 Å². The number of nitrogens with zero attached hydrogens (tertiary/aromatic N) is 5. The largest absolute Gasteiger partial charge is 0.382 e. The van der Waals surface area contributed by atoms with Crippen LogP contribution in [-0.2, 0) is 6.54 Å². The van der Waals surface area contributed by atoms with Crippen molar-refractivity contribution in [1.82, 2.24) is 30.3 Å². The van der Waals surface area contributed by atoms with Crippen LogP contribution in [0.25, 0.3) is 22.0 Å². The van der Waals surface area contributed by atoms with Crippen LogP contribution in [0.4, 0.5) is 0 Å².